The van der Waals surface area contributed by atoms with Gasteiger partial charge >= 0.3 is 0 Å². The number of likely N-dealkylation sites (tertiary alicyclic amines) is 1. The highest BCUT2D eigenvalue weighted by molar-refractivity contribution is 4.76. The average molecular weight is 226 g/mol. The fourth-order valence-corrected chi connectivity index (χ4v) is 2.91. The summed E-state index contributed by atoms with van der Waals surface area (Å²) >= 11 is 0. The van der Waals surface area contributed by atoms with Gasteiger partial charge in [0.1, 0.15) is 0 Å². The van der Waals surface area contributed by atoms with Crippen molar-refractivity contribution in [2.24, 2.45) is 0 Å². The monoisotopic (exact) mass is 226 g/mol. The van der Waals surface area contributed by atoms with Gasteiger partial charge in [-0.2, -0.15) is 0 Å². The van der Waals surface area contributed by atoms with Crippen LogP contribution in [0.3, 0.4) is 0 Å². The molecule has 0 saturated carbocycles. The Morgan fingerprint density at radius 3 is 2.75 bits per heavy atom. The zero-order valence-electron chi connectivity index (χ0n) is 11.5. The molecule has 16 heavy (non-hydrogen) atoms. The smallest absolute Gasteiger partial charge is 0.00926 e. The quantitative estimate of drug-likeness (QED) is 0.718. The summed E-state index contributed by atoms with van der Waals surface area (Å²) < 4.78 is 0. The van der Waals surface area contributed by atoms with Crippen molar-refractivity contribution < 1.29 is 0 Å². The van der Waals surface area contributed by atoms with Crippen LogP contribution in [0.1, 0.15) is 58.8 Å². The van der Waals surface area contributed by atoms with Crippen LogP contribution in [0.2, 0.25) is 0 Å². The van der Waals surface area contributed by atoms with Crippen LogP contribution < -0.4 is 5.32 Å². The van der Waals surface area contributed by atoms with Crippen molar-refractivity contribution >= 4 is 0 Å². The normalized spacial score (nSPS) is 24.6. The molecule has 2 heteroatoms. The second kappa shape index (κ2) is 8.08. The maximum absolute atomic E-state index is 3.40. The van der Waals surface area contributed by atoms with Crippen LogP contribution in [0.15, 0.2) is 0 Å². The molecule has 2 unspecified atom stereocenters. The second-order valence-corrected chi connectivity index (χ2v) is 5.13. The van der Waals surface area contributed by atoms with Crippen LogP contribution in [0.25, 0.3) is 0 Å². The molecule has 0 radical (unpaired) electrons. The van der Waals surface area contributed by atoms with Crippen LogP contribution in [-0.2, 0) is 0 Å². The van der Waals surface area contributed by atoms with Gasteiger partial charge in [0.2, 0.25) is 0 Å². The third-order valence-electron chi connectivity index (χ3n) is 4.12. The van der Waals surface area contributed by atoms with Crippen molar-refractivity contribution in [3.8, 4) is 0 Å². The molecule has 1 rings (SSSR count). The predicted octanol–water partition coefficient (Wildman–Crippen LogP) is 3.03. The minimum Gasteiger partial charge on any atom is -0.317 e. The average Bonchev–Trinajstić information content (AvgIpc) is 2.35. The molecule has 1 aliphatic rings. The molecule has 2 atom stereocenters. The van der Waals surface area contributed by atoms with Gasteiger partial charge in [-0.25, -0.2) is 0 Å². The number of piperidine rings is 1. The molecule has 1 heterocycles. The number of hydrogen-bond acceptors (Lipinski definition) is 2. The molecule has 1 saturated heterocycles. The summed E-state index contributed by atoms with van der Waals surface area (Å²) in [6.07, 6.45) is 9.58. The van der Waals surface area contributed by atoms with Crippen molar-refractivity contribution in [3.05, 3.63) is 0 Å². The first-order valence-electron chi connectivity index (χ1n) is 7.23. The molecule has 0 spiro atoms. The van der Waals surface area contributed by atoms with Crippen LogP contribution in [0.5, 0.6) is 0 Å². The Kier molecular flexibility index (Phi) is 7.06. The Balaban J connectivity index is 2.19. The molecule has 0 bridgehead atoms. The summed E-state index contributed by atoms with van der Waals surface area (Å²) in [5.41, 5.74) is 0. The maximum Gasteiger partial charge on any atom is 0.00926 e. The maximum atomic E-state index is 3.40. The first-order valence-corrected chi connectivity index (χ1v) is 7.23. The van der Waals surface area contributed by atoms with E-state index in [0.717, 1.165) is 12.1 Å². The minimum absolute atomic E-state index is 0.727. The molecular formula is C14H30N2. The van der Waals surface area contributed by atoms with E-state index in [1.54, 1.807) is 0 Å². The third-order valence-corrected chi connectivity index (χ3v) is 4.12. The van der Waals surface area contributed by atoms with E-state index in [1.807, 2.05) is 0 Å². The number of nitrogens with one attached hydrogen (secondary N) is 1. The molecule has 1 N–H and O–H groups in total. The van der Waals surface area contributed by atoms with Gasteiger partial charge in [-0.3, -0.25) is 0 Å². The largest absolute Gasteiger partial charge is 0.317 e. The van der Waals surface area contributed by atoms with Gasteiger partial charge in [-0.05, 0) is 58.7 Å². The van der Waals surface area contributed by atoms with E-state index in [0.29, 0.717) is 0 Å². The van der Waals surface area contributed by atoms with Crippen LogP contribution in [0.4, 0.5) is 0 Å². The van der Waals surface area contributed by atoms with Gasteiger partial charge in [-0.15, -0.1) is 0 Å². The highest BCUT2D eigenvalue weighted by Gasteiger charge is 2.20. The Morgan fingerprint density at radius 2 is 2.12 bits per heavy atom. The predicted molar refractivity (Wildman–Crippen MR) is 71.9 cm³/mol. The summed E-state index contributed by atoms with van der Waals surface area (Å²) in [6, 6.07) is 1.60. The fraction of sp³-hybridized carbons (Fsp3) is 1.00. The summed E-state index contributed by atoms with van der Waals surface area (Å²) in [6.45, 7) is 7.27. The summed E-state index contributed by atoms with van der Waals surface area (Å²) in [5.74, 6) is 0. The van der Waals surface area contributed by atoms with Gasteiger partial charge in [0.15, 0.2) is 0 Å². The number of hydrogen-bond donors (Lipinski definition) is 1. The first kappa shape index (κ1) is 14.0. The Morgan fingerprint density at radius 1 is 1.31 bits per heavy atom. The zero-order chi connectivity index (χ0) is 11.8. The molecule has 0 amide bonds. The highest BCUT2D eigenvalue weighted by Crippen LogP contribution is 2.19. The molecular weight excluding hydrogens is 196 g/mol. The van der Waals surface area contributed by atoms with E-state index in [1.165, 1.54) is 58.0 Å². The van der Waals surface area contributed by atoms with Gasteiger partial charge in [0.05, 0.1) is 0 Å². The minimum atomic E-state index is 0.727. The third kappa shape index (κ3) is 4.42. The van der Waals surface area contributed by atoms with Crippen molar-refractivity contribution in [1.82, 2.24) is 10.2 Å². The lowest BCUT2D eigenvalue weighted by atomic mass is 9.99. The lowest BCUT2D eigenvalue weighted by Crippen LogP contribution is -2.40. The van der Waals surface area contributed by atoms with Gasteiger partial charge in [0.25, 0.3) is 0 Å². The van der Waals surface area contributed by atoms with Gasteiger partial charge in [-0.1, -0.05) is 20.3 Å². The lowest BCUT2D eigenvalue weighted by Gasteiger charge is -2.35. The highest BCUT2D eigenvalue weighted by atomic mass is 15.2. The topological polar surface area (TPSA) is 15.3 Å². The fourth-order valence-electron chi connectivity index (χ4n) is 2.91. The molecule has 0 aromatic heterocycles. The van der Waals surface area contributed by atoms with Crippen molar-refractivity contribution in [2.75, 3.05) is 20.1 Å². The van der Waals surface area contributed by atoms with Crippen LogP contribution in [-0.4, -0.2) is 37.1 Å². The molecule has 0 aromatic rings. The summed E-state index contributed by atoms with van der Waals surface area (Å²) in [5, 5.41) is 3.40. The summed E-state index contributed by atoms with van der Waals surface area (Å²) in [4.78, 5) is 2.73. The van der Waals surface area contributed by atoms with E-state index in [-0.39, 0.29) is 0 Å². The standard InChI is InChI=1S/C14H30N2/c1-4-13(15-3)9-8-12-16-11-7-6-10-14(16)5-2/h13-15H,4-12H2,1-3H3. The Bertz CT molecular complexity index is 166. The molecule has 1 fully saturated rings. The molecule has 0 aromatic carbocycles. The van der Waals surface area contributed by atoms with Gasteiger partial charge in [0, 0.05) is 12.1 Å². The molecule has 1 aliphatic heterocycles. The van der Waals surface area contributed by atoms with E-state index < -0.39 is 0 Å². The Hall–Kier alpha value is -0.0800. The van der Waals surface area contributed by atoms with Crippen molar-refractivity contribution in [1.29, 1.82) is 0 Å². The van der Waals surface area contributed by atoms with Gasteiger partial charge < -0.3 is 10.2 Å². The summed E-state index contributed by atoms with van der Waals surface area (Å²) in [7, 11) is 2.09. The van der Waals surface area contributed by atoms with Crippen molar-refractivity contribution in [3.63, 3.8) is 0 Å². The molecule has 2 nitrogen and oxygen atoms in total. The Labute approximate surface area is 102 Å². The SMILES string of the molecule is CCC(CCCN1CCCCC1CC)NC. The van der Waals surface area contributed by atoms with Crippen LogP contribution in [0, 0.1) is 0 Å². The zero-order valence-corrected chi connectivity index (χ0v) is 11.5. The van der Waals surface area contributed by atoms with E-state index >= 15 is 0 Å². The van der Waals surface area contributed by atoms with Crippen LogP contribution >= 0.6 is 0 Å². The van der Waals surface area contributed by atoms with Crippen molar-refractivity contribution in [2.45, 2.75) is 70.9 Å². The first-order chi connectivity index (χ1) is 7.81. The lowest BCUT2D eigenvalue weighted by molar-refractivity contribution is 0.140. The number of rotatable bonds is 7. The molecule has 96 valence electrons. The molecule has 0 aliphatic carbocycles. The van der Waals surface area contributed by atoms with E-state index in [9.17, 15) is 0 Å². The van der Waals surface area contributed by atoms with E-state index in [2.05, 4.69) is 31.1 Å². The number of nitrogens with zero attached hydrogens (tertiary/aromatic N) is 1. The second-order valence-electron chi connectivity index (χ2n) is 5.13. The van der Waals surface area contributed by atoms with E-state index in [4.69, 9.17) is 0 Å².